The van der Waals surface area contributed by atoms with Crippen molar-refractivity contribution < 1.29 is 46.6 Å². The van der Waals surface area contributed by atoms with Crippen molar-refractivity contribution in [2.45, 2.75) is 50.4 Å². The Morgan fingerprint density at radius 1 is 1.09 bits per heavy atom. The first-order valence-corrected chi connectivity index (χ1v) is 14.3. The molecule has 1 saturated carbocycles. The molecule has 6 rings (SSSR count). The van der Waals surface area contributed by atoms with E-state index < -0.39 is 65.7 Å². The lowest BCUT2D eigenvalue weighted by atomic mass is 9.75. The van der Waals surface area contributed by atoms with Gasteiger partial charge in [-0.2, -0.15) is 18.3 Å². The zero-order valence-corrected chi connectivity index (χ0v) is 24.3. The van der Waals surface area contributed by atoms with Crippen molar-refractivity contribution in [2.75, 3.05) is 13.2 Å². The number of halogens is 5. The maximum absolute atomic E-state index is 14.5. The second kappa shape index (κ2) is 11.3. The fraction of sp³-hybridized carbons (Fsp3) is 0.355. The summed E-state index contributed by atoms with van der Waals surface area (Å²) < 4.78 is 76.5. The Morgan fingerprint density at radius 2 is 1.83 bits per heavy atom. The third-order valence-electron chi connectivity index (χ3n) is 8.48. The van der Waals surface area contributed by atoms with Crippen LogP contribution in [-0.4, -0.2) is 60.9 Å². The highest BCUT2D eigenvalue weighted by Crippen LogP contribution is 2.47. The highest BCUT2D eigenvalue weighted by atomic mass is 19.4. The van der Waals surface area contributed by atoms with Crippen LogP contribution >= 0.6 is 0 Å². The molecule has 3 heterocycles. The first kappa shape index (κ1) is 31.4. The van der Waals surface area contributed by atoms with Gasteiger partial charge >= 0.3 is 12.1 Å². The molecular formula is C31H28F5N5O5. The summed E-state index contributed by atoms with van der Waals surface area (Å²) in [4.78, 5) is 20.4. The van der Waals surface area contributed by atoms with Crippen molar-refractivity contribution in [2.24, 2.45) is 10.5 Å². The molecule has 1 unspecified atom stereocenters. The predicted molar refractivity (Wildman–Crippen MR) is 152 cm³/mol. The smallest absolute Gasteiger partial charge is 0.417 e. The summed E-state index contributed by atoms with van der Waals surface area (Å²) in [5.74, 6) is -4.25. The van der Waals surface area contributed by atoms with Crippen molar-refractivity contribution in [3.05, 3.63) is 82.4 Å². The lowest BCUT2D eigenvalue weighted by Gasteiger charge is -2.42. The van der Waals surface area contributed by atoms with Crippen molar-refractivity contribution in [3.8, 4) is 22.6 Å². The Kier molecular flexibility index (Phi) is 7.71. The number of carboxylic acids is 1. The molecule has 242 valence electrons. The van der Waals surface area contributed by atoms with Crippen LogP contribution in [0.2, 0.25) is 0 Å². The van der Waals surface area contributed by atoms with Crippen molar-refractivity contribution in [1.29, 1.82) is 0 Å². The molecule has 2 aromatic heterocycles. The van der Waals surface area contributed by atoms with Gasteiger partial charge in [0.1, 0.15) is 17.2 Å². The van der Waals surface area contributed by atoms with E-state index in [2.05, 4.69) is 20.2 Å². The second-order valence-corrected chi connectivity index (χ2v) is 12.0. The minimum atomic E-state index is -4.75. The van der Waals surface area contributed by atoms with E-state index in [1.807, 2.05) is 0 Å². The fourth-order valence-corrected chi connectivity index (χ4v) is 5.68. The van der Waals surface area contributed by atoms with Crippen molar-refractivity contribution >= 4 is 12.2 Å². The van der Waals surface area contributed by atoms with E-state index in [1.165, 1.54) is 31.3 Å². The molecule has 46 heavy (non-hydrogen) atoms. The van der Waals surface area contributed by atoms with Crippen LogP contribution in [0.5, 0.6) is 0 Å². The Labute approximate surface area is 258 Å². The molecule has 10 nitrogen and oxygen atoms in total. The van der Waals surface area contributed by atoms with E-state index in [1.54, 1.807) is 6.07 Å². The molecule has 0 amide bonds. The number of aliphatic carboxylic acids is 1. The van der Waals surface area contributed by atoms with Gasteiger partial charge in [0, 0.05) is 23.5 Å². The highest BCUT2D eigenvalue weighted by molar-refractivity contribution is 5.84. The van der Waals surface area contributed by atoms with Crippen LogP contribution in [0, 0.1) is 17.0 Å². The van der Waals surface area contributed by atoms with Gasteiger partial charge < -0.3 is 24.8 Å². The fourth-order valence-electron chi connectivity index (χ4n) is 5.68. The number of nitrogens with one attached hydrogen (secondary N) is 1. The SMILES string of the molecule is CC(CO)(CO)CC(C(=O)O)(c1cc(-c2ccc(C3CC3)cc2C(F)(F)F)no1)N1Cc2[nH]c(-c3cccc(F)c3F)nc2C=N1. The number of aliphatic hydroxyl groups is 2. The zero-order chi connectivity index (χ0) is 33.0. The molecule has 0 saturated heterocycles. The molecule has 15 heteroatoms. The third kappa shape index (κ3) is 5.42. The van der Waals surface area contributed by atoms with Crippen molar-refractivity contribution in [3.63, 3.8) is 0 Å². The molecule has 1 aliphatic heterocycles. The van der Waals surface area contributed by atoms with Crippen LogP contribution in [0.4, 0.5) is 22.0 Å². The topological polar surface area (TPSA) is 148 Å². The lowest BCUT2D eigenvalue weighted by Crippen LogP contribution is -2.53. The van der Waals surface area contributed by atoms with E-state index in [0.717, 1.165) is 36.0 Å². The first-order chi connectivity index (χ1) is 21.8. The Balaban J connectivity index is 1.44. The van der Waals surface area contributed by atoms with Gasteiger partial charge in [0.15, 0.2) is 17.4 Å². The predicted octanol–water partition coefficient (Wildman–Crippen LogP) is 5.42. The standard InChI is InChI=1S/C31H28F5N5O5/c1-29(14-42,15-43)13-30(28(44)45,41-12-24-23(11-37-41)38-27(39-24)19-3-2-4-21(32)26(19)33)25-10-22(40-46-25)18-8-7-17(16-5-6-16)9-20(18)31(34,35)36/h2-4,7-11,16,42-43H,5-6,12-15H2,1H3,(H,38,39)(H,44,45). The van der Waals surface area contributed by atoms with Gasteiger partial charge in [-0.05, 0) is 42.5 Å². The number of aromatic nitrogens is 3. The average molecular weight is 646 g/mol. The lowest BCUT2D eigenvalue weighted by molar-refractivity contribution is -0.160. The van der Waals surface area contributed by atoms with Crippen LogP contribution < -0.4 is 0 Å². The first-order valence-electron chi connectivity index (χ1n) is 14.3. The number of benzene rings is 2. The number of rotatable bonds is 10. The monoisotopic (exact) mass is 645 g/mol. The van der Waals surface area contributed by atoms with Crippen LogP contribution in [0.3, 0.4) is 0 Å². The number of alkyl halides is 3. The second-order valence-electron chi connectivity index (χ2n) is 12.0. The zero-order valence-electron chi connectivity index (χ0n) is 24.3. The third-order valence-corrected chi connectivity index (χ3v) is 8.48. The van der Waals surface area contributed by atoms with E-state index >= 15 is 0 Å². The van der Waals surface area contributed by atoms with Gasteiger partial charge in [0.2, 0.25) is 5.54 Å². The molecule has 1 aliphatic carbocycles. The van der Waals surface area contributed by atoms with Crippen LogP contribution in [0.25, 0.3) is 22.6 Å². The van der Waals surface area contributed by atoms with Gasteiger partial charge in [-0.25, -0.2) is 18.6 Å². The van der Waals surface area contributed by atoms with Gasteiger partial charge in [-0.1, -0.05) is 30.3 Å². The van der Waals surface area contributed by atoms with E-state index in [0.29, 0.717) is 5.56 Å². The summed E-state index contributed by atoms with van der Waals surface area (Å²) in [7, 11) is 0. The number of carboxylic acid groups (broad SMARTS) is 1. The number of hydrogen-bond acceptors (Lipinski definition) is 8. The van der Waals surface area contributed by atoms with Crippen molar-refractivity contribution in [1.82, 2.24) is 20.1 Å². The number of nitrogens with zero attached hydrogens (tertiary/aromatic N) is 4. The number of H-pyrrole nitrogens is 1. The van der Waals surface area contributed by atoms with E-state index in [9.17, 15) is 42.1 Å². The molecule has 0 radical (unpaired) electrons. The summed E-state index contributed by atoms with van der Waals surface area (Å²) in [6.45, 7) is -0.248. The minimum absolute atomic E-state index is 0.0413. The summed E-state index contributed by atoms with van der Waals surface area (Å²) in [5, 5.41) is 40.2. The number of carbonyl (C=O) groups is 1. The Hall–Kier alpha value is -4.63. The number of hydrazone groups is 1. The maximum Gasteiger partial charge on any atom is 0.417 e. The van der Waals surface area contributed by atoms with Gasteiger partial charge in [-0.3, -0.25) is 5.01 Å². The summed E-state index contributed by atoms with van der Waals surface area (Å²) in [6, 6.07) is 8.52. The number of fused-ring (bicyclic) bond motifs is 1. The van der Waals surface area contributed by atoms with E-state index in [4.69, 9.17) is 4.52 Å². The summed E-state index contributed by atoms with van der Waals surface area (Å²) in [5.41, 5.74) is -4.53. The molecule has 2 aliphatic rings. The highest BCUT2D eigenvalue weighted by Gasteiger charge is 2.54. The van der Waals surface area contributed by atoms with Gasteiger partial charge in [0.25, 0.3) is 0 Å². The number of aliphatic hydroxyl groups excluding tert-OH is 2. The van der Waals surface area contributed by atoms with Crippen LogP contribution in [0.15, 0.2) is 52.1 Å². The summed E-state index contributed by atoms with van der Waals surface area (Å²) >= 11 is 0. The molecule has 0 spiro atoms. The molecule has 1 atom stereocenters. The minimum Gasteiger partial charge on any atom is -0.479 e. The molecule has 4 aromatic rings. The van der Waals surface area contributed by atoms with Gasteiger partial charge in [0.05, 0.1) is 42.8 Å². The van der Waals surface area contributed by atoms with Crippen LogP contribution in [0.1, 0.15) is 60.4 Å². The van der Waals surface area contributed by atoms with Crippen LogP contribution in [-0.2, 0) is 23.1 Å². The normalized spacial score (nSPS) is 16.4. The average Bonchev–Trinajstić information content (AvgIpc) is 3.61. The molecule has 2 aromatic carbocycles. The Bertz CT molecular complexity index is 1830. The summed E-state index contributed by atoms with van der Waals surface area (Å²) in [6.07, 6.45) is -2.53. The largest absolute Gasteiger partial charge is 0.479 e. The molecule has 4 N–H and O–H groups in total. The number of aromatic amines is 1. The maximum atomic E-state index is 14.5. The van der Waals surface area contributed by atoms with E-state index in [-0.39, 0.29) is 46.5 Å². The number of imidazole rings is 1. The number of hydrogen-bond donors (Lipinski definition) is 4. The molecule has 1 fully saturated rings. The molecular weight excluding hydrogens is 617 g/mol. The quantitative estimate of drug-likeness (QED) is 0.167. The molecule has 0 bridgehead atoms. The Morgan fingerprint density at radius 3 is 2.48 bits per heavy atom. The van der Waals surface area contributed by atoms with Gasteiger partial charge in [-0.15, -0.1) is 0 Å².